The first-order valence-corrected chi connectivity index (χ1v) is 15.9. The van der Waals surface area contributed by atoms with E-state index in [1.165, 1.54) is 12.1 Å². The van der Waals surface area contributed by atoms with Crippen LogP contribution in [-0.4, -0.2) is 101 Å². The first-order valence-electron chi connectivity index (χ1n) is 13.7. The molecular weight excluding hydrogens is 677 g/mol. The number of nitrogens with zero attached hydrogens (tertiary/aromatic N) is 4. The van der Waals surface area contributed by atoms with E-state index < -0.39 is 80.5 Å². The van der Waals surface area contributed by atoms with Crippen molar-refractivity contribution in [3.8, 4) is 5.75 Å². The van der Waals surface area contributed by atoms with Gasteiger partial charge in [0.05, 0.1) is 12.1 Å². The molecule has 3 atom stereocenters. The molecule has 0 radical (unpaired) electrons. The number of alkyl halides is 3. The number of carboxylic acid groups (broad SMARTS) is 1. The maximum absolute atomic E-state index is 13.8. The molecule has 1 unspecified atom stereocenters. The van der Waals surface area contributed by atoms with Crippen molar-refractivity contribution in [3.05, 3.63) is 40.4 Å². The molecule has 0 aliphatic carbocycles. The summed E-state index contributed by atoms with van der Waals surface area (Å²) in [5.74, 6) is -4.04. The van der Waals surface area contributed by atoms with Crippen LogP contribution < -0.4 is 26.8 Å². The van der Waals surface area contributed by atoms with E-state index >= 15 is 0 Å². The molecule has 17 nitrogen and oxygen atoms in total. The highest BCUT2D eigenvalue weighted by Crippen LogP contribution is 2.38. The number of ether oxygens (including phenoxy) is 1. The van der Waals surface area contributed by atoms with Gasteiger partial charge in [-0.3, -0.25) is 19.1 Å². The third-order valence-corrected chi connectivity index (χ3v) is 8.88. The molecule has 2 aliphatic heterocycles. The zero-order chi connectivity index (χ0) is 34.7. The molecule has 2 aromatic rings. The molecule has 0 saturated carbocycles. The predicted molar refractivity (Wildman–Crippen MR) is 159 cm³/mol. The fourth-order valence-electron chi connectivity index (χ4n) is 4.56. The van der Waals surface area contributed by atoms with Crippen LogP contribution in [0.2, 0.25) is 0 Å². The highest BCUT2D eigenvalue weighted by molar-refractivity contribution is 7.84. The number of halogens is 3. The zero-order valence-electron chi connectivity index (χ0n) is 24.3. The Morgan fingerprint density at radius 1 is 1.26 bits per heavy atom. The Kier molecular flexibility index (Phi) is 10.6. The quantitative estimate of drug-likeness (QED) is 0.0558. The Balaban J connectivity index is 1.52. The van der Waals surface area contributed by atoms with Gasteiger partial charge in [0, 0.05) is 5.56 Å². The number of piperidine rings is 1. The standard InChI is InChI=1S/C25H29F3N8O9S2/c1-11-16(22(38)36(11)47(41,42)43)33-21(37)18(17-19(25(26,27)28)46-24(30)34-17)35-45-15(23(39)40)10-44-14-4-2-12(3-5-14)20(29)32-13-6-8-31-9-7-13/h2-5,11,13,15-16,31H,6-10H2,1H3,(H2,29,32)(H2,30,34)(H,33,37)(H,39,40)(H,41,42,43)/b35-18-/t11-,15?,16+/m1/s1. The number of aromatic nitrogens is 1. The summed E-state index contributed by atoms with van der Waals surface area (Å²) in [6, 6.07) is 3.23. The topological polar surface area (TPSA) is 261 Å². The monoisotopic (exact) mass is 706 g/mol. The smallest absolute Gasteiger partial charge is 0.427 e. The number of carbonyl (C=O) groups excluding carboxylic acids is 2. The highest BCUT2D eigenvalue weighted by Gasteiger charge is 2.52. The van der Waals surface area contributed by atoms with E-state index in [1.807, 2.05) is 5.32 Å². The molecule has 2 amide bonds. The lowest BCUT2D eigenvalue weighted by Crippen LogP contribution is -2.71. The molecule has 256 valence electrons. The van der Waals surface area contributed by atoms with Gasteiger partial charge in [-0.25, -0.2) is 14.1 Å². The molecular formula is C25H29F3N8O9S2. The maximum atomic E-state index is 13.8. The Hall–Kier alpha value is -4.54. The number of nitrogen functional groups attached to an aromatic ring is 1. The van der Waals surface area contributed by atoms with Crippen molar-refractivity contribution in [1.29, 1.82) is 0 Å². The second-order valence-electron chi connectivity index (χ2n) is 10.2. The van der Waals surface area contributed by atoms with Crippen LogP contribution in [0.3, 0.4) is 0 Å². The average Bonchev–Trinajstić information content (AvgIpc) is 3.39. The number of nitrogens with one attached hydrogen (secondary N) is 2. The number of anilines is 1. The number of aliphatic imine (C=N–C) groups is 1. The van der Waals surface area contributed by atoms with E-state index in [9.17, 15) is 41.1 Å². The van der Waals surface area contributed by atoms with Crippen molar-refractivity contribution < 1.29 is 55.2 Å². The predicted octanol–water partition coefficient (Wildman–Crippen LogP) is -0.0274. The summed E-state index contributed by atoms with van der Waals surface area (Å²) in [7, 11) is -4.99. The summed E-state index contributed by atoms with van der Waals surface area (Å²) < 4.78 is 78.7. The molecule has 3 heterocycles. The van der Waals surface area contributed by atoms with E-state index in [2.05, 4.69) is 20.4 Å². The number of hydrogen-bond acceptors (Lipinski definition) is 13. The molecule has 2 aliphatic rings. The number of thiazole rings is 1. The lowest BCUT2D eigenvalue weighted by molar-refractivity contribution is -0.152. The number of oxime groups is 1. The molecule has 1 aromatic carbocycles. The molecule has 2 saturated heterocycles. The minimum Gasteiger partial charge on any atom is -0.489 e. The van der Waals surface area contributed by atoms with Crippen LogP contribution in [0.1, 0.15) is 35.9 Å². The van der Waals surface area contributed by atoms with Crippen molar-refractivity contribution in [1.82, 2.24) is 19.9 Å². The van der Waals surface area contributed by atoms with Crippen molar-refractivity contribution in [3.63, 3.8) is 0 Å². The van der Waals surface area contributed by atoms with Crippen LogP contribution >= 0.6 is 11.3 Å². The van der Waals surface area contributed by atoms with Gasteiger partial charge in [0.2, 0.25) is 0 Å². The molecule has 1 aromatic heterocycles. The minimum absolute atomic E-state index is 0.0349. The van der Waals surface area contributed by atoms with Crippen LogP contribution in [0.25, 0.3) is 0 Å². The molecule has 4 rings (SSSR count). The summed E-state index contributed by atoms with van der Waals surface area (Å²) in [4.78, 5) is 48.7. The molecule has 22 heteroatoms. The van der Waals surface area contributed by atoms with Gasteiger partial charge in [0.25, 0.3) is 17.9 Å². The number of rotatable bonds is 12. The lowest BCUT2D eigenvalue weighted by Gasteiger charge is -2.42. The summed E-state index contributed by atoms with van der Waals surface area (Å²) >= 11 is -0.0522. The first-order chi connectivity index (χ1) is 22.0. The van der Waals surface area contributed by atoms with Gasteiger partial charge in [-0.05, 0) is 57.1 Å². The second kappa shape index (κ2) is 14.1. The van der Waals surface area contributed by atoms with Crippen molar-refractivity contribution in [2.24, 2.45) is 15.9 Å². The van der Waals surface area contributed by atoms with Crippen molar-refractivity contribution >= 4 is 56.1 Å². The zero-order valence-corrected chi connectivity index (χ0v) is 25.9. The van der Waals surface area contributed by atoms with Gasteiger partial charge in [-0.1, -0.05) is 16.5 Å². The summed E-state index contributed by atoms with van der Waals surface area (Å²) in [5.41, 5.74) is 9.77. The normalized spacial score (nSPS) is 20.4. The van der Waals surface area contributed by atoms with Crippen LogP contribution in [-0.2, 0) is 35.7 Å². The average molecular weight is 707 g/mol. The Morgan fingerprint density at radius 2 is 1.89 bits per heavy atom. The second-order valence-corrected chi connectivity index (χ2v) is 12.6. The van der Waals surface area contributed by atoms with E-state index in [-0.39, 0.29) is 27.4 Å². The largest absolute Gasteiger partial charge is 0.489 e. The van der Waals surface area contributed by atoms with Crippen LogP contribution in [0.4, 0.5) is 18.3 Å². The van der Waals surface area contributed by atoms with Gasteiger partial charge in [-0.2, -0.15) is 21.6 Å². The van der Waals surface area contributed by atoms with Crippen LogP contribution in [0.15, 0.2) is 34.4 Å². The summed E-state index contributed by atoms with van der Waals surface area (Å²) in [5, 5.41) is 17.6. The molecule has 2 fully saturated rings. The molecule has 8 N–H and O–H groups in total. The number of nitrogens with two attached hydrogens (primary N) is 2. The number of amidine groups is 1. The minimum atomic E-state index is -5.10. The Morgan fingerprint density at radius 3 is 2.45 bits per heavy atom. The third-order valence-electron chi connectivity index (χ3n) is 6.94. The number of carboxylic acids is 1. The van der Waals surface area contributed by atoms with Gasteiger partial charge in [0.15, 0.2) is 10.8 Å². The number of amides is 2. The molecule has 0 bridgehead atoms. The Labute approximate surface area is 268 Å². The highest BCUT2D eigenvalue weighted by atomic mass is 32.2. The van der Waals surface area contributed by atoms with Crippen molar-refractivity contribution in [2.45, 2.75) is 50.2 Å². The number of hydrogen-bond donors (Lipinski definition) is 6. The van der Waals surface area contributed by atoms with Gasteiger partial charge >= 0.3 is 22.4 Å². The maximum Gasteiger partial charge on any atom is 0.427 e. The third kappa shape index (κ3) is 8.44. The van der Waals surface area contributed by atoms with E-state index in [1.54, 1.807) is 12.1 Å². The van der Waals surface area contributed by atoms with Crippen LogP contribution in [0.5, 0.6) is 5.75 Å². The molecule has 47 heavy (non-hydrogen) atoms. The van der Waals surface area contributed by atoms with E-state index in [0.717, 1.165) is 32.9 Å². The van der Waals surface area contributed by atoms with Gasteiger partial charge in [-0.15, -0.1) is 0 Å². The molecule has 0 spiro atoms. The summed E-state index contributed by atoms with van der Waals surface area (Å²) in [6.07, 6.45) is -5.41. The van der Waals surface area contributed by atoms with E-state index in [4.69, 9.17) is 25.6 Å². The fraction of sp³-hybridized carbons (Fsp3) is 0.440. The first kappa shape index (κ1) is 35.3. The summed E-state index contributed by atoms with van der Waals surface area (Å²) in [6.45, 7) is 2.04. The number of aliphatic carboxylic acids is 1. The number of benzene rings is 1. The SMILES string of the molecule is C[C@@H]1[C@H](NC(=O)/C(=N\OC(COc2ccc(C(N)=NC3CCNCC3)cc2)C(=O)O)c2nc(N)sc2C(F)(F)F)C(=O)N1S(=O)(=O)O. The number of carbonyl (C=O) groups is 3. The van der Waals surface area contributed by atoms with Crippen molar-refractivity contribution in [2.75, 3.05) is 25.4 Å². The van der Waals surface area contributed by atoms with E-state index in [0.29, 0.717) is 11.4 Å². The fourth-order valence-corrected chi connectivity index (χ4v) is 6.14. The van der Waals surface area contributed by atoms with Gasteiger partial charge < -0.3 is 36.8 Å². The van der Waals surface area contributed by atoms with Gasteiger partial charge in [0.1, 0.15) is 34.8 Å². The number of β-lactam (4-membered cyclic amide) rings is 1. The lowest BCUT2D eigenvalue weighted by atomic mass is 10.0. The van der Waals surface area contributed by atoms with Crippen LogP contribution in [0, 0.1) is 0 Å². The Bertz CT molecular complexity index is 1680.